The predicted molar refractivity (Wildman–Crippen MR) is 47.5 cm³/mol. The van der Waals surface area contributed by atoms with Gasteiger partial charge in [0.15, 0.2) is 0 Å². The minimum Gasteiger partial charge on any atom is -0.390 e. The third-order valence-corrected chi connectivity index (χ3v) is 2.70. The van der Waals surface area contributed by atoms with Crippen molar-refractivity contribution in [2.75, 3.05) is 0 Å². The first-order chi connectivity index (χ1) is 5.10. The van der Waals surface area contributed by atoms with Crippen LogP contribution in [0.5, 0.6) is 0 Å². The highest BCUT2D eigenvalue weighted by Gasteiger charge is 2.24. The van der Waals surface area contributed by atoms with E-state index in [4.69, 9.17) is 0 Å². The average molecular weight is 156 g/mol. The van der Waals surface area contributed by atoms with Crippen LogP contribution in [-0.2, 0) is 0 Å². The molecule has 1 nitrogen and oxygen atoms in total. The van der Waals surface area contributed by atoms with Gasteiger partial charge in [0.05, 0.1) is 5.60 Å². The summed E-state index contributed by atoms with van der Waals surface area (Å²) >= 11 is 0. The van der Waals surface area contributed by atoms with Crippen molar-refractivity contribution in [1.29, 1.82) is 0 Å². The molecule has 0 aromatic heterocycles. The van der Waals surface area contributed by atoms with Gasteiger partial charge in [-0.1, -0.05) is 32.6 Å². The molecular formula is C10H20O. The summed E-state index contributed by atoms with van der Waals surface area (Å²) in [5, 5.41) is 9.85. The molecule has 1 saturated carbocycles. The van der Waals surface area contributed by atoms with Gasteiger partial charge >= 0.3 is 0 Å². The van der Waals surface area contributed by atoms with Gasteiger partial charge < -0.3 is 5.11 Å². The third-order valence-electron chi connectivity index (χ3n) is 2.70. The number of hydrogen-bond donors (Lipinski definition) is 1. The Morgan fingerprint density at radius 3 is 2.73 bits per heavy atom. The van der Waals surface area contributed by atoms with Gasteiger partial charge in [0.1, 0.15) is 0 Å². The molecule has 11 heavy (non-hydrogen) atoms. The fourth-order valence-corrected chi connectivity index (χ4v) is 2.13. The smallest absolute Gasteiger partial charge is 0.0622 e. The average Bonchev–Trinajstić information content (AvgIpc) is 1.82. The van der Waals surface area contributed by atoms with Crippen molar-refractivity contribution in [2.24, 2.45) is 5.92 Å². The summed E-state index contributed by atoms with van der Waals surface area (Å²) in [6, 6.07) is 0. The maximum absolute atomic E-state index is 9.85. The lowest BCUT2D eigenvalue weighted by atomic mass is 9.83. The first kappa shape index (κ1) is 9.05. The predicted octanol–water partition coefficient (Wildman–Crippen LogP) is 2.73. The summed E-state index contributed by atoms with van der Waals surface area (Å²) in [7, 11) is 0. The van der Waals surface area contributed by atoms with Crippen molar-refractivity contribution in [2.45, 2.75) is 58.0 Å². The van der Waals surface area contributed by atoms with E-state index in [0.29, 0.717) is 5.92 Å². The summed E-state index contributed by atoms with van der Waals surface area (Å²) in [4.78, 5) is 0. The van der Waals surface area contributed by atoms with Gasteiger partial charge in [-0.15, -0.1) is 0 Å². The Morgan fingerprint density at radius 1 is 1.27 bits per heavy atom. The number of aliphatic hydroxyl groups is 1. The zero-order valence-corrected chi connectivity index (χ0v) is 7.77. The molecule has 1 aliphatic rings. The Labute approximate surface area is 69.8 Å². The highest BCUT2D eigenvalue weighted by Crippen LogP contribution is 2.28. The molecule has 0 radical (unpaired) electrons. The van der Waals surface area contributed by atoms with E-state index in [1.165, 1.54) is 25.7 Å². The Balaban J connectivity index is 2.42. The summed E-state index contributed by atoms with van der Waals surface area (Å²) in [5.74, 6) is 0.713. The molecule has 0 spiro atoms. The Bertz CT molecular complexity index is 118. The normalized spacial score (nSPS) is 41.2. The summed E-state index contributed by atoms with van der Waals surface area (Å²) < 4.78 is 0. The molecule has 66 valence electrons. The Morgan fingerprint density at radius 2 is 2.00 bits per heavy atom. The molecule has 0 aliphatic heterocycles. The van der Waals surface area contributed by atoms with E-state index in [1.54, 1.807) is 0 Å². The highest BCUT2D eigenvalue weighted by molar-refractivity contribution is 4.77. The van der Waals surface area contributed by atoms with E-state index in [0.717, 1.165) is 12.8 Å². The van der Waals surface area contributed by atoms with Crippen molar-refractivity contribution >= 4 is 0 Å². The van der Waals surface area contributed by atoms with Crippen LogP contribution in [0.15, 0.2) is 0 Å². The molecule has 0 heterocycles. The molecule has 0 unspecified atom stereocenters. The second kappa shape index (κ2) is 3.57. The van der Waals surface area contributed by atoms with Crippen LogP contribution >= 0.6 is 0 Å². The minimum absolute atomic E-state index is 0.375. The van der Waals surface area contributed by atoms with Crippen LogP contribution in [0.1, 0.15) is 52.4 Å². The van der Waals surface area contributed by atoms with E-state index in [1.807, 2.05) is 6.92 Å². The summed E-state index contributed by atoms with van der Waals surface area (Å²) in [6.45, 7) is 4.23. The molecule has 1 fully saturated rings. The van der Waals surface area contributed by atoms with Crippen molar-refractivity contribution in [3.8, 4) is 0 Å². The minimum atomic E-state index is -0.375. The van der Waals surface area contributed by atoms with E-state index >= 15 is 0 Å². The highest BCUT2D eigenvalue weighted by atomic mass is 16.3. The molecule has 1 heteroatoms. The van der Waals surface area contributed by atoms with Gasteiger partial charge in [0.2, 0.25) is 0 Å². The van der Waals surface area contributed by atoms with Gasteiger partial charge in [0.25, 0.3) is 0 Å². The first-order valence-corrected chi connectivity index (χ1v) is 4.82. The van der Waals surface area contributed by atoms with Crippen LogP contribution in [0.3, 0.4) is 0 Å². The van der Waals surface area contributed by atoms with Crippen LogP contribution in [0.4, 0.5) is 0 Å². The second-order valence-electron chi connectivity index (χ2n) is 4.41. The molecule has 0 amide bonds. The summed E-state index contributed by atoms with van der Waals surface area (Å²) in [5.41, 5.74) is -0.375. The van der Waals surface area contributed by atoms with Crippen LogP contribution in [0.25, 0.3) is 0 Å². The summed E-state index contributed by atoms with van der Waals surface area (Å²) in [6.07, 6.45) is 7.16. The van der Waals surface area contributed by atoms with Crippen LogP contribution in [-0.4, -0.2) is 10.7 Å². The van der Waals surface area contributed by atoms with Crippen molar-refractivity contribution in [3.05, 3.63) is 0 Å². The van der Waals surface area contributed by atoms with E-state index < -0.39 is 0 Å². The van der Waals surface area contributed by atoms with Crippen molar-refractivity contribution in [1.82, 2.24) is 0 Å². The van der Waals surface area contributed by atoms with Crippen LogP contribution in [0.2, 0.25) is 0 Å². The Kier molecular flexibility index (Phi) is 2.94. The molecule has 1 aliphatic carbocycles. The third kappa shape index (κ3) is 3.24. The quantitative estimate of drug-likeness (QED) is 0.571. The zero-order chi connectivity index (χ0) is 8.32. The fourth-order valence-electron chi connectivity index (χ4n) is 2.13. The number of hydrogen-bond acceptors (Lipinski definition) is 1. The molecule has 0 saturated heterocycles. The molecule has 1 rings (SSSR count). The fraction of sp³-hybridized carbons (Fsp3) is 1.00. The van der Waals surface area contributed by atoms with Gasteiger partial charge in [-0.3, -0.25) is 0 Å². The van der Waals surface area contributed by atoms with Gasteiger partial charge in [-0.25, -0.2) is 0 Å². The standard InChI is InChI=1S/C10H20O/c1-9-6-4-3-5-7-10(2,11)8-9/h9,11H,3-8H2,1-2H3/t9-,10-/m0/s1. The molecule has 0 aromatic rings. The molecule has 2 atom stereocenters. The monoisotopic (exact) mass is 156 g/mol. The second-order valence-corrected chi connectivity index (χ2v) is 4.41. The molecule has 0 bridgehead atoms. The van der Waals surface area contributed by atoms with Crippen LogP contribution in [0, 0.1) is 5.92 Å². The van der Waals surface area contributed by atoms with Crippen molar-refractivity contribution < 1.29 is 5.11 Å². The van der Waals surface area contributed by atoms with Gasteiger partial charge in [-0.05, 0) is 25.7 Å². The maximum atomic E-state index is 9.85. The SMILES string of the molecule is C[C@H]1CCCCC[C@](C)(O)C1. The first-order valence-electron chi connectivity index (χ1n) is 4.82. The molecule has 1 N–H and O–H groups in total. The van der Waals surface area contributed by atoms with Gasteiger partial charge in [-0.2, -0.15) is 0 Å². The van der Waals surface area contributed by atoms with E-state index in [9.17, 15) is 5.11 Å². The lowest BCUT2D eigenvalue weighted by Crippen LogP contribution is -2.27. The Hall–Kier alpha value is -0.0400. The lowest BCUT2D eigenvalue weighted by Gasteiger charge is -2.29. The molecule has 0 aromatic carbocycles. The zero-order valence-electron chi connectivity index (χ0n) is 7.77. The van der Waals surface area contributed by atoms with E-state index in [2.05, 4.69) is 6.92 Å². The largest absolute Gasteiger partial charge is 0.390 e. The maximum Gasteiger partial charge on any atom is 0.0622 e. The van der Waals surface area contributed by atoms with Crippen LogP contribution < -0.4 is 0 Å². The number of rotatable bonds is 0. The van der Waals surface area contributed by atoms with Gasteiger partial charge in [0, 0.05) is 0 Å². The van der Waals surface area contributed by atoms with E-state index in [-0.39, 0.29) is 5.60 Å². The topological polar surface area (TPSA) is 20.2 Å². The lowest BCUT2D eigenvalue weighted by molar-refractivity contribution is 0.0188. The van der Waals surface area contributed by atoms with Crippen molar-refractivity contribution in [3.63, 3.8) is 0 Å². The molecular weight excluding hydrogens is 136 g/mol.